The van der Waals surface area contributed by atoms with Crippen molar-refractivity contribution < 1.29 is 4.79 Å². The van der Waals surface area contributed by atoms with E-state index in [2.05, 4.69) is 37.9 Å². The number of carbonyl (C=O) groups excluding carboxylic acids is 1. The molecule has 0 aliphatic carbocycles. The lowest BCUT2D eigenvalue weighted by Gasteiger charge is -2.28. The number of anilines is 1. The number of urea groups is 1. The van der Waals surface area contributed by atoms with Gasteiger partial charge in [0.1, 0.15) is 0 Å². The van der Waals surface area contributed by atoms with Crippen LogP contribution in [0.4, 0.5) is 10.5 Å². The van der Waals surface area contributed by atoms with Crippen LogP contribution in [-0.2, 0) is 0 Å². The average Bonchev–Trinajstić information content (AvgIpc) is 2.49. The third-order valence-corrected chi connectivity index (χ3v) is 3.76. The SMILES string of the molecule is CCN(CC)CCN(CC(C)C)C(=O)Nc1ccc(C)cc1. The van der Waals surface area contributed by atoms with Gasteiger partial charge in [-0.15, -0.1) is 0 Å². The fraction of sp³-hybridized carbons (Fsp3) is 0.611. The standard InChI is InChI=1S/C18H31N3O/c1-6-20(7-2)12-13-21(14-15(3)4)18(22)19-17-10-8-16(5)9-11-17/h8-11,15H,6-7,12-14H2,1-5H3,(H,19,22). The van der Waals surface area contributed by atoms with Crippen LogP contribution in [0.5, 0.6) is 0 Å². The maximum absolute atomic E-state index is 12.5. The Bertz CT molecular complexity index is 438. The zero-order valence-electron chi connectivity index (χ0n) is 14.7. The van der Waals surface area contributed by atoms with Gasteiger partial charge in [-0.05, 0) is 38.1 Å². The Labute approximate surface area is 135 Å². The van der Waals surface area contributed by atoms with Gasteiger partial charge in [-0.1, -0.05) is 45.4 Å². The van der Waals surface area contributed by atoms with Crippen LogP contribution in [0.2, 0.25) is 0 Å². The van der Waals surface area contributed by atoms with Gasteiger partial charge in [0.05, 0.1) is 0 Å². The number of nitrogens with zero attached hydrogens (tertiary/aromatic N) is 2. The Morgan fingerprint density at radius 3 is 2.18 bits per heavy atom. The van der Waals surface area contributed by atoms with Crippen LogP contribution in [0, 0.1) is 12.8 Å². The number of nitrogens with one attached hydrogen (secondary N) is 1. The molecule has 0 unspecified atom stereocenters. The van der Waals surface area contributed by atoms with E-state index in [-0.39, 0.29) is 6.03 Å². The average molecular weight is 305 g/mol. The van der Waals surface area contributed by atoms with E-state index >= 15 is 0 Å². The summed E-state index contributed by atoms with van der Waals surface area (Å²) in [5, 5.41) is 3.00. The highest BCUT2D eigenvalue weighted by atomic mass is 16.2. The van der Waals surface area contributed by atoms with E-state index in [0.29, 0.717) is 5.92 Å². The number of hydrogen-bond donors (Lipinski definition) is 1. The predicted octanol–water partition coefficient (Wildman–Crippen LogP) is 3.83. The summed E-state index contributed by atoms with van der Waals surface area (Å²) in [6, 6.07) is 7.91. The van der Waals surface area contributed by atoms with Crippen molar-refractivity contribution in [1.29, 1.82) is 0 Å². The number of carbonyl (C=O) groups is 1. The molecule has 1 N–H and O–H groups in total. The topological polar surface area (TPSA) is 35.6 Å². The summed E-state index contributed by atoms with van der Waals surface area (Å²) < 4.78 is 0. The number of hydrogen-bond acceptors (Lipinski definition) is 2. The summed E-state index contributed by atoms with van der Waals surface area (Å²) in [5.74, 6) is 0.459. The third kappa shape index (κ3) is 6.48. The Hall–Kier alpha value is -1.55. The lowest BCUT2D eigenvalue weighted by molar-refractivity contribution is 0.189. The molecule has 0 bridgehead atoms. The van der Waals surface area contributed by atoms with Crippen molar-refractivity contribution in [1.82, 2.24) is 9.80 Å². The van der Waals surface area contributed by atoms with Crippen LogP contribution in [0.1, 0.15) is 33.3 Å². The van der Waals surface area contributed by atoms with Crippen molar-refractivity contribution in [3.05, 3.63) is 29.8 Å². The first-order chi connectivity index (χ1) is 10.5. The molecule has 0 spiro atoms. The highest BCUT2D eigenvalue weighted by molar-refractivity contribution is 5.89. The second kappa shape index (κ2) is 9.46. The molecule has 22 heavy (non-hydrogen) atoms. The molecule has 1 aromatic carbocycles. The smallest absolute Gasteiger partial charge is 0.321 e. The molecule has 0 radical (unpaired) electrons. The summed E-state index contributed by atoms with van der Waals surface area (Å²) >= 11 is 0. The molecule has 0 aliphatic heterocycles. The summed E-state index contributed by atoms with van der Waals surface area (Å²) in [4.78, 5) is 16.8. The number of benzene rings is 1. The minimum atomic E-state index is -0.00953. The molecule has 0 fully saturated rings. The fourth-order valence-electron chi connectivity index (χ4n) is 2.36. The van der Waals surface area contributed by atoms with Crippen LogP contribution in [-0.4, -0.2) is 48.6 Å². The van der Waals surface area contributed by atoms with Gasteiger partial charge in [0.2, 0.25) is 0 Å². The van der Waals surface area contributed by atoms with E-state index < -0.39 is 0 Å². The second-order valence-corrected chi connectivity index (χ2v) is 6.16. The van der Waals surface area contributed by atoms with E-state index in [1.807, 2.05) is 36.1 Å². The number of likely N-dealkylation sites (N-methyl/N-ethyl adjacent to an activating group) is 1. The highest BCUT2D eigenvalue weighted by Gasteiger charge is 2.15. The minimum Gasteiger partial charge on any atom is -0.323 e. The fourth-order valence-corrected chi connectivity index (χ4v) is 2.36. The van der Waals surface area contributed by atoms with Crippen LogP contribution in [0.15, 0.2) is 24.3 Å². The monoisotopic (exact) mass is 305 g/mol. The van der Waals surface area contributed by atoms with Crippen molar-refractivity contribution in [3.63, 3.8) is 0 Å². The molecule has 0 heterocycles. The van der Waals surface area contributed by atoms with Crippen LogP contribution >= 0.6 is 0 Å². The molecule has 0 atom stereocenters. The Balaban J connectivity index is 2.64. The zero-order chi connectivity index (χ0) is 16.5. The zero-order valence-corrected chi connectivity index (χ0v) is 14.7. The van der Waals surface area contributed by atoms with Crippen molar-refractivity contribution in [2.45, 2.75) is 34.6 Å². The van der Waals surface area contributed by atoms with Gasteiger partial charge < -0.3 is 15.1 Å². The highest BCUT2D eigenvalue weighted by Crippen LogP contribution is 2.10. The van der Waals surface area contributed by atoms with E-state index in [1.54, 1.807) is 0 Å². The Morgan fingerprint density at radius 1 is 1.09 bits per heavy atom. The molecule has 4 nitrogen and oxygen atoms in total. The molecular formula is C18H31N3O. The molecular weight excluding hydrogens is 274 g/mol. The summed E-state index contributed by atoms with van der Waals surface area (Å²) in [6.07, 6.45) is 0. The Kier molecular flexibility index (Phi) is 7.96. The maximum atomic E-state index is 12.5. The van der Waals surface area contributed by atoms with E-state index in [1.165, 1.54) is 5.56 Å². The van der Waals surface area contributed by atoms with Gasteiger partial charge in [0, 0.05) is 25.3 Å². The maximum Gasteiger partial charge on any atom is 0.321 e. The van der Waals surface area contributed by atoms with Crippen LogP contribution in [0.3, 0.4) is 0 Å². The van der Waals surface area contributed by atoms with Crippen molar-refractivity contribution in [2.75, 3.05) is 38.0 Å². The number of amides is 2. The van der Waals surface area contributed by atoms with Crippen molar-refractivity contribution in [2.24, 2.45) is 5.92 Å². The molecule has 2 amide bonds. The van der Waals surface area contributed by atoms with Crippen LogP contribution in [0.25, 0.3) is 0 Å². The van der Waals surface area contributed by atoms with Gasteiger partial charge in [-0.3, -0.25) is 0 Å². The van der Waals surface area contributed by atoms with E-state index in [0.717, 1.165) is 38.4 Å². The molecule has 1 rings (SSSR count). The summed E-state index contributed by atoms with van der Waals surface area (Å²) in [6.45, 7) is 15.1. The van der Waals surface area contributed by atoms with E-state index in [9.17, 15) is 4.79 Å². The van der Waals surface area contributed by atoms with Crippen molar-refractivity contribution in [3.8, 4) is 0 Å². The van der Waals surface area contributed by atoms with Gasteiger partial charge in [-0.2, -0.15) is 0 Å². The largest absolute Gasteiger partial charge is 0.323 e. The number of aryl methyl sites for hydroxylation is 1. The molecule has 124 valence electrons. The molecule has 0 aromatic heterocycles. The number of rotatable bonds is 8. The molecule has 0 aliphatic rings. The predicted molar refractivity (Wildman–Crippen MR) is 94.4 cm³/mol. The molecule has 0 saturated heterocycles. The first-order valence-electron chi connectivity index (χ1n) is 8.31. The molecule has 0 saturated carbocycles. The van der Waals surface area contributed by atoms with Gasteiger partial charge in [-0.25, -0.2) is 4.79 Å². The third-order valence-electron chi connectivity index (χ3n) is 3.76. The minimum absolute atomic E-state index is 0.00953. The molecule has 1 aromatic rings. The van der Waals surface area contributed by atoms with Gasteiger partial charge in [0.15, 0.2) is 0 Å². The summed E-state index contributed by atoms with van der Waals surface area (Å²) in [7, 11) is 0. The second-order valence-electron chi connectivity index (χ2n) is 6.16. The van der Waals surface area contributed by atoms with Gasteiger partial charge >= 0.3 is 6.03 Å². The Morgan fingerprint density at radius 2 is 1.68 bits per heavy atom. The lowest BCUT2D eigenvalue weighted by atomic mass is 10.2. The molecule has 4 heteroatoms. The lowest BCUT2D eigenvalue weighted by Crippen LogP contribution is -2.42. The first kappa shape index (κ1) is 18.5. The quantitative estimate of drug-likeness (QED) is 0.792. The van der Waals surface area contributed by atoms with Crippen LogP contribution < -0.4 is 5.32 Å². The first-order valence-corrected chi connectivity index (χ1v) is 8.31. The summed E-state index contributed by atoms with van der Waals surface area (Å²) in [5.41, 5.74) is 2.05. The van der Waals surface area contributed by atoms with Gasteiger partial charge in [0.25, 0.3) is 0 Å². The van der Waals surface area contributed by atoms with Crippen molar-refractivity contribution >= 4 is 11.7 Å². The van der Waals surface area contributed by atoms with E-state index in [4.69, 9.17) is 0 Å². The normalized spacial score (nSPS) is 11.0.